The van der Waals surface area contributed by atoms with Crippen molar-refractivity contribution in [2.24, 2.45) is 0 Å². The number of halogens is 2. The van der Waals surface area contributed by atoms with E-state index < -0.39 is 5.82 Å². The summed E-state index contributed by atoms with van der Waals surface area (Å²) in [6, 6.07) is 10.1. The molecule has 0 aliphatic rings. The topological polar surface area (TPSA) is 43.1 Å². The molecule has 2 rings (SSSR count). The van der Waals surface area contributed by atoms with E-state index in [1.807, 2.05) is 0 Å². The second-order valence-electron chi connectivity index (χ2n) is 3.57. The minimum Gasteiger partial charge on any atom is -0.398 e. The minimum absolute atomic E-state index is 0.160. The highest BCUT2D eigenvalue weighted by Gasteiger charge is 2.13. The predicted octanol–water partition coefficient (Wildman–Crippen LogP) is 3.29. The Labute approximate surface area is 103 Å². The summed E-state index contributed by atoms with van der Waals surface area (Å²) in [6.45, 7) is 0. The molecule has 0 fully saturated rings. The van der Waals surface area contributed by atoms with E-state index in [9.17, 15) is 9.18 Å². The third-order valence-electron chi connectivity index (χ3n) is 2.37. The van der Waals surface area contributed by atoms with Gasteiger partial charge in [0.15, 0.2) is 5.78 Å². The van der Waals surface area contributed by atoms with Crippen molar-refractivity contribution in [2.75, 3.05) is 5.73 Å². The molecule has 0 radical (unpaired) electrons. The summed E-state index contributed by atoms with van der Waals surface area (Å²) in [5.74, 6) is -0.810. The zero-order chi connectivity index (χ0) is 12.4. The van der Waals surface area contributed by atoms with Gasteiger partial charge in [0.1, 0.15) is 5.82 Å². The van der Waals surface area contributed by atoms with Crippen LogP contribution in [0, 0.1) is 5.82 Å². The van der Waals surface area contributed by atoms with E-state index in [0.29, 0.717) is 10.6 Å². The van der Waals surface area contributed by atoms with Crippen molar-refractivity contribution in [1.82, 2.24) is 0 Å². The van der Waals surface area contributed by atoms with Crippen LogP contribution in [-0.2, 0) is 0 Å². The standard InChI is InChI=1S/C13H9ClFNO/c14-9-3-1-8(2-4-9)13(17)11-7-10(15)5-6-12(11)16/h1-7H,16H2. The van der Waals surface area contributed by atoms with Gasteiger partial charge in [0, 0.05) is 21.8 Å². The van der Waals surface area contributed by atoms with Gasteiger partial charge in [-0.05, 0) is 42.5 Å². The highest BCUT2D eigenvalue weighted by molar-refractivity contribution is 6.30. The number of rotatable bonds is 2. The smallest absolute Gasteiger partial charge is 0.195 e. The maximum Gasteiger partial charge on any atom is 0.195 e. The Morgan fingerprint density at radius 3 is 2.41 bits per heavy atom. The van der Waals surface area contributed by atoms with Crippen molar-refractivity contribution >= 4 is 23.1 Å². The molecule has 2 nitrogen and oxygen atoms in total. The first-order valence-corrected chi connectivity index (χ1v) is 5.31. The summed E-state index contributed by atoms with van der Waals surface area (Å²) in [6.07, 6.45) is 0. The molecule has 2 aromatic carbocycles. The summed E-state index contributed by atoms with van der Waals surface area (Å²) in [7, 11) is 0. The number of nitrogen functional groups attached to an aromatic ring is 1. The van der Waals surface area contributed by atoms with Gasteiger partial charge in [-0.1, -0.05) is 11.6 Å². The van der Waals surface area contributed by atoms with E-state index in [1.54, 1.807) is 24.3 Å². The number of benzene rings is 2. The van der Waals surface area contributed by atoms with E-state index >= 15 is 0 Å². The van der Waals surface area contributed by atoms with Crippen molar-refractivity contribution < 1.29 is 9.18 Å². The lowest BCUT2D eigenvalue weighted by Gasteiger charge is -2.05. The molecule has 0 aliphatic carbocycles. The summed E-state index contributed by atoms with van der Waals surface area (Å²) in [4.78, 5) is 12.0. The molecule has 0 saturated heterocycles. The van der Waals surface area contributed by atoms with Crippen LogP contribution in [0.3, 0.4) is 0 Å². The van der Waals surface area contributed by atoms with Gasteiger partial charge in [0.25, 0.3) is 0 Å². The summed E-state index contributed by atoms with van der Waals surface area (Å²) < 4.78 is 13.1. The van der Waals surface area contributed by atoms with Gasteiger partial charge in [-0.15, -0.1) is 0 Å². The Bertz CT molecular complexity index is 566. The molecule has 0 heterocycles. The first kappa shape index (κ1) is 11.6. The van der Waals surface area contributed by atoms with Crippen molar-refractivity contribution in [1.29, 1.82) is 0 Å². The molecule has 0 saturated carbocycles. The van der Waals surface area contributed by atoms with E-state index in [0.717, 1.165) is 6.07 Å². The van der Waals surface area contributed by atoms with Crippen LogP contribution >= 0.6 is 11.6 Å². The summed E-state index contributed by atoms with van der Waals surface area (Å²) >= 11 is 5.72. The highest BCUT2D eigenvalue weighted by atomic mass is 35.5. The van der Waals surface area contributed by atoms with Crippen LogP contribution in [0.5, 0.6) is 0 Å². The average molecular weight is 250 g/mol. The second-order valence-corrected chi connectivity index (χ2v) is 4.00. The lowest BCUT2D eigenvalue weighted by Crippen LogP contribution is -2.05. The minimum atomic E-state index is -0.489. The fraction of sp³-hybridized carbons (Fsp3) is 0. The van der Waals surface area contributed by atoms with Gasteiger partial charge >= 0.3 is 0 Å². The van der Waals surface area contributed by atoms with Gasteiger partial charge < -0.3 is 5.73 Å². The van der Waals surface area contributed by atoms with Gasteiger partial charge in [-0.2, -0.15) is 0 Å². The number of anilines is 1. The third-order valence-corrected chi connectivity index (χ3v) is 2.62. The molecule has 0 spiro atoms. The first-order chi connectivity index (χ1) is 8.08. The summed E-state index contributed by atoms with van der Waals surface area (Å²) in [5.41, 5.74) is 6.48. The normalized spacial score (nSPS) is 10.2. The fourth-order valence-electron chi connectivity index (χ4n) is 1.48. The Kier molecular flexibility index (Phi) is 3.11. The molecule has 17 heavy (non-hydrogen) atoms. The number of hydrogen-bond acceptors (Lipinski definition) is 2. The van der Waals surface area contributed by atoms with Gasteiger partial charge in [0.05, 0.1) is 0 Å². The summed E-state index contributed by atoms with van der Waals surface area (Å²) in [5, 5.41) is 0.536. The molecule has 0 unspecified atom stereocenters. The molecule has 0 aliphatic heterocycles. The highest BCUT2D eigenvalue weighted by Crippen LogP contribution is 2.19. The van der Waals surface area contributed by atoms with Crippen LogP contribution in [0.2, 0.25) is 5.02 Å². The van der Waals surface area contributed by atoms with Crippen LogP contribution in [-0.4, -0.2) is 5.78 Å². The quantitative estimate of drug-likeness (QED) is 0.656. The molecule has 0 amide bonds. The molecule has 2 N–H and O–H groups in total. The van der Waals surface area contributed by atoms with Crippen LogP contribution in [0.25, 0.3) is 0 Å². The van der Waals surface area contributed by atoms with Crippen molar-refractivity contribution in [3.63, 3.8) is 0 Å². The van der Waals surface area contributed by atoms with Crippen molar-refractivity contribution in [3.8, 4) is 0 Å². The number of hydrogen-bond donors (Lipinski definition) is 1. The zero-order valence-electron chi connectivity index (χ0n) is 8.78. The zero-order valence-corrected chi connectivity index (χ0v) is 9.54. The Balaban J connectivity index is 2.43. The number of ketones is 1. The van der Waals surface area contributed by atoms with E-state index in [2.05, 4.69) is 0 Å². The Morgan fingerprint density at radius 2 is 1.76 bits per heavy atom. The van der Waals surface area contributed by atoms with E-state index in [4.69, 9.17) is 17.3 Å². The molecule has 2 aromatic rings. The van der Waals surface area contributed by atoms with E-state index in [1.165, 1.54) is 12.1 Å². The number of carbonyl (C=O) groups excluding carboxylic acids is 1. The maximum atomic E-state index is 13.1. The molecule has 0 aromatic heterocycles. The second kappa shape index (κ2) is 4.55. The lowest BCUT2D eigenvalue weighted by atomic mass is 10.0. The van der Waals surface area contributed by atoms with Crippen LogP contribution < -0.4 is 5.73 Å². The number of carbonyl (C=O) groups is 1. The lowest BCUT2D eigenvalue weighted by molar-refractivity contribution is 0.103. The van der Waals surface area contributed by atoms with Crippen molar-refractivity contribution in [2.45, 2.75) is 0 Å². The number of nitrogens with two attached hydrogens (primary N) is 1. The largest absolute Gasteiger partial charge is 0.398 e. The molecule has 0 atom stereocenters. The third kappa shape index (κ3) is 2.45. The van der Waals surface area contributed by atoms with Gasteiger partial charge in [0.2, 0.25) is 0 Å². The molecule has 86 valence electrons. The molecular weight excluding hydrogens is 241 g/mol. The fourth-order valence-corrected chi connectivity index (χ4v) is 1.61. The van der Waals surface area contributed by atoms with Crippen LogP contribution in [0.15, 0.2) is 42.5 Å². The monoisotopic (exact) mass is 249 g/mol. The van der Waals surface area contributed by atoms with Gasteiger partial charge in [-0.25, -0.2) is 4.39 Å². The van der Waals surface area contributed by atoms with Crippen LogP contribution in [0.4, 0.5) is 10.1 Å². The molecular formula is C13H9ClFNO. The molecule has 4 heteroatoms. The predicted molar refractivity (Wildman–Crippen MR) is 65.7 cm³/mol. The Hall–Kier alpha value is -1.87. The van der Waals surface area contributed by atoms with Crippen molar-refractivity contribution in [3.05, 3.63) is 64.4 Å². The average Bonchev–Trinajstić information content (AvgIpc) is 2.32. The first-order valence-electron chi connectivity index (χ1n) is 4.93. The SMILES string of the molecule is Nc1ccc(F)cc1C(=O)c1ccc(Cl)cc1. The van der Waals surface area contributed by atoms with Gasteiger partial charge in [-0.3, -0.25) is 4.79 Å². The Morgan fingerprint density at radius 1 is 1.12 bits per heavy atom. The molecule has 0 bridgehead atoms. The van der Waals surface area contributed by atoms with E-state index in [-0.39, 0.29) is 17.0 Å². The van der Waals surface area contributed by atoms with Crippen LogP contribution in [0.1, 0.15) is 15.9 Å². The maximum absolute atomic E-state index is 13.1.